The molecule has 0 atom stereocenters. The first-order valence-electron chi connectivity index (χ1n) is 9.99. The van der Waals surface area contributed by atoms with Crippen molar-refractivity contribution in [2.24, 2.45) is 7.05 Å². The molecular formula is C21H24ClN5O2S. The summed E-state index contributed by atoms with van der Waals surface area (Å²) in [6.45, 7) is 4.44. The van der Waals surface area contributed by atoms with Crippen LogP contribution in [0.5, 0.6) is 0 Å². The van der Waals surface area contributed by atoms with Crippen LogP contribution in [0.2, 0.25) is 5.02 Å². The lowest BCUT2D eigenvalue weighted by Crippen LogP contribution is -2.51. The number of piperidine rings is 1. The van der Waals surface area contributed by atoms with Gasteiger partial charge in [-0.2, -0.15) is 9.40 Å². The van der Waals surface area contributed by atoms with E-state index in [-0.39, 0.29) is 5.54 Å². The van der Waals surface area contributed by atoms with Gasteiger partial charge >= 0.3 is 0 Å². The number of fused-ring (bicyclic) bond motifs is 4. The molecule has 158 valence electrons. The van der Waals surface area contributed by atoms with E-state index < -0.39 is 10.0 Å². The molecule has 1 spiro atoms. The first-order chi connectivity index (χ1) is 14.2. The highest BCUT2D eigenvalue weighted by molar-refractivity contribution is 7.89. The Balaban J connectivity index is 1.47. The van der Waals surface area contributed by atoms with Crippen molar-refractivity contribution in [3.05, 3.63) is 58.6 Å². The minimum Gasteiger partial charge on any atom is -0.372 e. The van der Waals surface area contributed by atoms with Crippen LogP contribution in [-0.4, -0.2) is 40.2 Å². The summed E-state index contributed by atoms with van der Waals surface area (Å²) in [7, 11) is -1.82. The van der Waals surface area contributed by atoms with Crippen LogP contribution in [-0.2, 0) is 22.6 Å². The zero-order valence-corrected chi connectivity index (χ0v) is 18.8. The van der Waals surface area contributed by atoms with Gasteiger partial charge in [0, 0.05) is 37.1 Å². The molecule has 0 saturated carbocycles. The number of aryl methyl sites for hydroxylation is 2. The fourth-order valence-corrected chi connectivity index (χ4v) is 6.87. The number of aromatic nitrogens is 3. The van der Waals surface area contributed by atoms with Crippen molar-refractivity contribution in [3.63, 3.8) is 0 Å². The van der Waals surface area contributed by atoms with Crippen LogP contribution >= 0.6 is 11.6 Å². The van der Waals surface area contributed by atoms with Crippen molar-refractivity contribution in [3.8, 4) is 5.69 Å². The van der Waals surface area contributed by atoms with E-state index in [0.717, 1.165) is 17.1 Å². The van der Waals surface area contributed by atoms with Crippen molar-refractivity contribution < 1.29 is 8.42 Å². The molecule has 2 aliphatic heterocycles. The van der Waals surface area contributed by atoms with Crippen LogP contribution in [0.4, 0.5) is 5.69 Å². The molecule has 5 rings (SSSR count). The third-order valence-corrected chi connectivity index (χ3v) is 8.84. The number of hydrogen-bond acceptors (Lipinski definition) is 4. The Morgan fingerprint density at radius 2 is 1.90 bits per heavy atom. The molecule has 0 aliphatic carbocycles. The normalized spacial score (nSPS) is 18.1. The van der Waals surface area contributed by atoms with Crippen LogP contribution in [0.15, 0.2) is 41.4 Å². The Morgan fingerprint density at radius 1 is 1.17 bits per heavy atom. The SMILES string of the molecule is Cc1nn(C)c(C)c1S(=O)(=O)N1CCC2(CC1)Nc1ccc(Cl)cc1-n1cccc12. The van der Waals surface area contributed by atoms with E-state index in [0.29, 0.717) is 47.2 Å². The molecule has 1 fully saturated rings. The quantitative estimate of drug-likeness (QED) is 0.654. The summed E-state index contributed by atoms with van der Waals surface area (Å²) in [4.78, 5) is 0.334. The van der Waals surface area contributed by atoms with E-state index in [1.165, 1.54) is 0 Å². The highest BCUT2D eigenvalue weighted by atomic mass is 35.5. The molecule has 2 aliphatic rings. The van der Waals surface area contributed by atoms with Gasteiger partial charge in [0.1, 0.15) is 4.90 Å². The molecule has 0 radical (unpaired) electrons. The lowest BCUT2D eigenvalue weighted by molar-refractivity contribution is 0.247. The summed E-state index contributed by atoms with van der Waals surface area (Å²) in [5.41, 5.74) is 4.08. The number of halogens is 1. The lowest BCUT2D eigenvalue weighted by Gasteiger charge is -2.45. The van der Waals surface area contributed by atoms with Gasteiger partial charge in [-0.1, -0.05) is 11.6 Å². The number of rotatable bonds is 2. The predicted molar refractivity (Wildman–Crippen MR) is 117 cm³/mol. The topological polar surface area (TPSA) is 72.2 Å². The standard InChI is InChI=1S/C21H24ClN5O2S/c1-14-20(15(2)25(3)24-14)30(28,29)26-11-8-21(9-12-26)19-5-4-10-27(19)18-13-16(22)6-7-17(18)23-21/h4-7,10,13,23H,8-9,11-12H2,1-3H3. The summed E-state index contributed by atoms with van der Waals surface area (Å²) >= 11 is 6.22. The zero-order chi connectivity index (χ0) is 21.3. The van der Waals surface area contributed by atoms with Gasteiger partial charge in [-0.15, -0.1) is 0 Å². The Hall–Kier alpha value is -2.29. The second kappa shape index (κ2) is 6.60. The average molecular weight is 446 g/mol. The number of anilines is 1. The van der Waals surface area contributed by atoms with Crippen LogP contribution in [0.3, 0.4) is 0 Å². The van der Waals surface area contributed by atoms with E-state index in [9.17, 15) is 8.42 Å². The number of nitrogens with zero attached hydrogens (tertiary/aromatic N) is 4. The van der Waals surface area contributed by atoms with Crippen molar-refractivity contribution in [2.75, 3.05) is 18.4 Å². The van der Waals surface area contributed by atoms with Gasteiger partial charge in [-0.05, 0) is 57.0 Å². The molecule has 9 heteroatoms. The maximum absolute atomic E-state index is 13.4. The highest BCUT2D eigenvalue weighted by Gasteiger charge is 2.44. The van der Waals surface area contributed by atoms with Crippen molar-refractivity contribution in [2.45, 2.75) is 37.1 Å². The third-order valence-electron chi connectivity index (χ3n) is 6.45. The van der Waals surface area contributed by atoms with Crippen LogP contribution < -0.4 is 5.32 Å². The zero-order valence-electron chi connectivity index (χ0n) is 17.2. The fraction of sp³-hybridized carbons (Fsp3) is 0.381. The van der Waals surface area contributed by atoms with Crippen LogP contribution in [0, 0.1) is 13.8 Å². The summed E-state index contributed by atoms with van der Waals surface area (Å²) in [5.74, 6) is 0. The van der Waals surface area contributed by atoms with Gasteiger partial charge in [0.15, 0.2) is 0 Å². The summed E-state index contributed by atoms with van der Waals surface area (Å²) in [6.07, 6.45) is 3.39. The molecule has 0 bridgehead atoms. The van der Waals surface area contributed by atoms with Gasteiger partial charge in [-0.25, -0.2) is 8.42 Å². The summed E-state index contributed by atoms with van der Waals surface area (Å²) in [5, 5.41) is 8.69. The van der Waals surface area contributed by atoms with Gasteiger partial charge in [0.2, 0.25) is 10.0 Å². The first kappa shape index (κ1) is 19.7. The van der Waals surface area contributed by atoms with Crippen molar-refractivity contribution in [1.29, 1.82) is 0 Å². The van der Waals surface area contributed by atoms with E-state index in [4.69, 9.17) is 11.6 Å². The first-order valence-corrected chi connectivity index (χ1v) is 11.8. The Kier molecular flexibility index (Phi) is 4.33. The number of hydrogen-bond donors (Lipinski definition) is 1. The van der Waals surface area contributed by atoms with Gasteiger partial charge in [0.25, 0.3) is 0 Å². The van der Waals surface area contributed by atoms with Crippen LogP contribution in [0.1, 0.15) is 29.9 Å². The molecule has 30 heavy (non-hydrogen) atoms. The lowest BCUT2D eigenvalue weighted by atomic mass is 9.83. The monoisotopic (exact) mass is 445 g/mol. The molecule has 4 heterocycles. The molecule has 3 aromatic rings. The largest absolute Gasteiger partial charge is 0.372 e. The highest BCUT2D eigenvalue weighted by Crippen LogP contribution is 2.44. The van der Waals surface area contributed by atoms with Crippen molar-refractivity contribution >= 4 is 27.3 Å². The Morgan fingerprint density at radius 3 is 2.57 bits per heavy atom. The number of nitrogens with one attached hydrogen (secondary N) is 1. The van der Waals surface area contributed by atoms with Crippen molar-refractivity contribution in [1.82, 2.24) is 18.7 Å². The Bertz CT molecular complexity index is 1250. The maximum atomic E-state index is 13.4. The number of benzene rings is 1. The summed E-state index contributed by atoms with van der Waals surface area (Å²) in [6, 6.07) is 9.96. The molecule has 2 aromatic heterocycles. The molecule has 1 N–H and O–H groups in total. The van der Waals surface area contributed by atoms with Gasteiger partial charge in [0.05, 0.1) is 28.3 Å². The third kappa shape index (κ3) is 2.74. The molecule has 1 saturated heterocycles. The molecule has 0 unspecified atom stereocenters. The average Bonchev–Trinajstić information content (AvgIpc) is 3.29. The van der Waals surface area contributed by atoms with E-state index in [2.05, 4.69) is 21.0 Å². The number of sulfonamides is 1. The van der Waals surface area contributed by atoms with Crippen LogP contribution in [0.25, 0.3) is 5.69 Å². The fourth-order valence-electron chi connectivity index (χ4n) is 4.86. The molecule has 7 nitrogen and oxygen atoms in total. The molecular weight excluding hydrogens is 422 g/mol. The maximum Gasteiger partial charge on any atom is 0.246 e. The molecule has 0 amide bonds. The van der Waals surface area contributed by atoms with Gasteiger partial charge in [-0.3, -0.25) is 4.68 Å². The minimum absolute atomic E-state index is 0.310. The molecule has 1 aromatic carbocycles. The van der Waals surface area contributed by atoms with E-state index >= 15 is 0 Å². The predicted octanol–water partition coefficient (Wildman–Crippen LogP) is 3.59. The summed E-state index contributed by atoms with van der Waals surface area (Å²) < 4.78 is 32.1. The Labute approximate surface area is 181 Å². The second-order valence-corrected chi connectivity index (χ2v) is 10.5. The minimum atomic E-state index is -3.59. The van der Waals surface area contributed by atoms with Gasteiger partial charge < -0.3 is 9.88 Å². The van der Waals surface area contributed by atoms with E-state index in [1.807, 2.05) is 30.5 Å². The van der Waals surface area contributed by atoms with E-state index in [1.54, 1.807) is 29.9 Å². The smallest absolute Gasteiger partial charge is 0.246 e. The second-order valence-electron chi connectivity index (χ2n) is 8.16.